The van der Waals surface area contributed by atoms with E-state index in [-0.39, 0.29) is 5.75 Å². The molecule has 0 bridgehead atoms. The minimum Gasteiger partial charge on any atom is -0.379 e. The summed E-state index contributed by atoms with van der Waals surface area (Å²) in [5, 5.41) is 13.3. The summed E-state index contributed by atoms with van der Waals surface area (Å²) in [4.78, 5) is 0. The molecule has 0 aliphatic heterocycles. The molecule has 27 heavy (non-hydrogen) atoms. The summed E-state index contributed by atoms with van der Waals surface area (Å²) in [6.45, 7) is 0. The number of halogens is 3. The highest BCUT2D eigenvalue weighted by molar-refractivity contribution is 7.84. The number of benzene rings is 3. The van der Waals surface area contributed by atoms with Crippen LogP contribution in [0.5, 0.6) is 0 Å². The van der Waals surface area contributed by atoms with Gasteiger partial charge in [-0.2, -0.15) is 0 Å². The van der Waals surface area contributed by atoms with E-state index in [1.165, 1.54) is 0 Å². The Morgan fingerprint density at radius 1 is 0.704 bits per heavy atom. The molecule has 6 heteroatoms. The molecular formula is C21H17Cl3O2S. The quantitative estimate of drug-likeness (QED) is 0.524. The maximum absolute atomic E-state index is 12.9. The second-order valence-corrected chi connectivity index (χ2v) is 9.00. The van der Waals surface area contributed by atoms with Crippen molar-refractivity contribution < 1.29 is 9.32 Å². The molecule has 0 aliphatic carbocycles. The van der Waals surface area contributed by atoms with Gasteiger partial charge in [0.1, 0.15) is 5.60 Å². The fraction of sp³-hybridized carbons (Fsp3) is 0.143. The first-order chi connectivity index (χ1) is 12.9. The second-order valence-electron chi connectivity index (χ2n) is 6.23. The maximum Gasteiger partial charge on any atom is 0.126 e. The van der Waals surface area contributed by atoms with Gasteiger partial charge in [-0.1, -0.05) is 71.2 Å². The van der Waals surface area contributed by atoms with Crippen LogP contribution < -0.4 is 0 Å². The third-order valence-electron chi connectivity index (χ3n) is 4.25. The van der Waals surface area contributed by atoms with Crippen LogP contribution in [0.2, 0.25) is 15.1 Å². The third kappa shape index (κ3) is 5.13. The molecule has 1 atom stereocenters. The summed E-state index contributed by atoms with van der Waals surface area (Å²) in [7, 11) is -1.32. The molecule has 0 unspecified atom stereocenters. The second kappa shape index (κ2) is 8.76. The normalized spacial score (nSPS) is 12.7. The van der Waals surface area contributed by atoms with Crippen LogP contribution in [-0.2, 0) is 22.2 Å². The van der Waals surface area contributed by atoms with Crippen LogP contribution >= 0.6 is 34.8 Å². The van der Waals surface area contributed by atoms with Crippen molar-refractivity contribution in [3.8, 4) is 0 Å². The van der Waals surface area contributed by atoms with Gasteiger partial charge in [-0.25, -0.2) is 0 Å². The highest BCUT2D eigenvalue weighted by Crippen LogP contribution is 2.33. The molecular weight excluding hydrogens is 423 g/mol. The van der Waals surface area contributed by atoms with Crippen LogP contribution in [-0.4, -0.2) is 15.1 Å². The Hall–Kier alpha value is -1.36. The summed E-state index contributed by atoms with van der Waals surface area (Å²) < 4.78 is 12.9. The zero-order valence-corrected chi connectivity index (χ0v) is 17.3. The molecule has 0 saturated heterocycles. The lowest BCUT2D eigenvalue weighted by Crippen LogP contribution is -2.34. The van der Waals surface area contributed by atoms with Gasteiger partial charge in [-0.3, -0.25) is 4.21 Å². The predicted octanol–water partition coefficient (Wildman–Crippen LogP) is 5.83. The lowest BCUT2D eigenvalue weighted by molar-refractivity contribution is 0.106. The molecule has 0 aliphatic rings. The molecule has 0 amide bonds. The van der Waals surface area contributed by atoms with E-state index in [1.807, 2.05) is 12.1 Å². The fourth-order valence-corrected chi connectivity index (χ4v) is 4.68. The van der Waals surface area contributed by atoms with E-state index in [9.17, 15) is 9.32 Å². The summed E-state index contributed by atoms with van der Waals surface area (Å²) in [6.07, 6.45) is 0. The third-order valence-corrected chi connectivity index (χ3v) is 6.41. The highest BCUT2D eigenvalue weighted by atomic mass is 35.5. The first-order valence-corrected chi connectivity index (χ1v) is 10.8. The van der Waals surface area contributed by atoms with Crippen LogP contribution in [0.25, 0.3) is 0 Å². The van der Waals surface area contributed by atoms with Gasteiger partial charge in [0.15, 0.2) is 0 Å². The van der Waals surface area contributed by atoms with Crippen LogP contribution in [0.1, 0.15) is 16.7 Å². The first kappa shape index (κ1) is 20.4. The van der Waals surface area contributed by atoms with Crippen molar-refractivity contribution in [2.45, 2.75) is 11.4 Å². The molecule has 0 aromatic heterocycles. The van der Waals surface area contributed by atoms with Gasteiger partial charge in [0.25, 0.3) is 0 Å². The minimum absolute atomic E-state index is 0.0406. The van der Waals surface area contributed by atoms with Gasteiger partial charge in [0.2, 0.25) is 0 Å². The summed E-state index contributed by atoms with van der Waals surface area (Å²) in [5.74, 6) is 0.361. The smallest absolute Gasteiger partial charge is 0.126 e. The fourth-order valence-electron chi connectivity index (χ4n) is 2.84. The molecule has 0 spiro atoms. The zero-order valence-electron chi connectivity index (χ0n) is 14.2. The van der Waals surface area contributed by atoms with E-state index in [2.05, 4.69) is 0 Å². The first-order valence-electron chi connectivity index (χ1n) is 8.21. The molecule has 1 N–H and O–H groups in total. The monoisotopic (exact) mass is 438 g/mol. The topological polar surface area (TPSA) is 37.3 Å². The van der Waals surface area contributed by atoms with Gasteiger partial charge >= 0.3 is 0 Å². The lowest BCUT2D eigenvalue weighted by Gasteiger charge is -2.29. The van der Waals surface area contributed by atoms with Crippen LogP contribution in [0.4, 0.5) is 0 Å². The summed E-state index contributed by atoms with van der Waals surface area (Å²) in [5.41, 5.74) is 0.719. The molecule has 0 fully saturated rings. The van der Waals surface area contributed by atoms with Crippen molar-refractivity contribution in [3.63, 3.8) is 0 Å². The molecule has 3 aromatic carbocycles. The number of rotatable bonds is 6. The minimum atomic E-state index is -1.42. The molecule has 3 aromatic rings. The SMILES string of the molecule is O=[S@](Cc1ccc(Cl)cc1)CC(O)(c1ccc(Cl)cc1)c1ccc(Cl)cc1. The molecule has 140 valence electrons. The van der Waals surface area contributed by atoms with Crippen molar-refractivity contribution in [2.75, 3.05) is 5.75 Å². The molecule has 0 heterocycles. The Labute approximate surface area is 176 Å². The Morgan fingerprint density at radius 2 is 1.07 bits per heavy atom. The van der Waals surface area contributed by atoms with Crippen molar-refractivity contribution in [1.29, 1.82) is 0 Å². The number of hydrogen-bond donors (Lipinski definition) is 1. The summed E-state index contributed by atoms with van der Waals surface area (Å²) in [6, 6.07) is 21.0. The van der Waals surface area contributed by atoms with E-state index >= 15 is 0 Å². The highest BCUT2D eigenvalue weighted by Gasteiger charge is 2.33. The number of hydrogen-bond acceptors (Lipinski definition) is 2. The standard InChI is InChI=1S/C21H17Cl3O2S/c22-18-7-1-15(2-8-18)13-27(26)14-21(25,16-3-9-19(23)10-4-16)17-5-11-20(24)12-6-17/h1-12,25H,13-14H2/t27-/m1/s1. The van der Waals surface area contributed by atoms with E-state index in [0.29, 0.717) is 31.9 Å². The molecule has 0 saturated carbocycles. The van der Waals surface area contributed by atoms with Crippen LogP contribution in [0.15, 0.2) is 72.8 Å². The summed E-state index contributed by atoms with van der Waals surface area (Å²) >= 11 is 17.9. The van der Waals surface area contributed by atoms with Crippen molar-refractivity contribution in [3.05, 3.63) is 105 Å². The van der Waals surface area contributed by atoms with Gasteiger partial charge < -0.3 is 5.11 Å². The molecule has 3 rings (SSSR count). The van der Waals surface area contributed by atoms with E-state index in [1.54, 1.807) is 60.7 Å². The molecule has 2 nitrogen and oxygen atoms in total. The van der Waals surface area contributed by atoms with E-state index in [4.69, 9.17) is 34.8 Å². The van der Waals surface area contributed by atoms with Crippen LogP contribution in [0.3, 0.4) is 0 Å². The van der Waals surface area contributed by atoms with Gasteiger partial charge in [-0.15, -0.1) is 0 Å². The largest absolute Gasteiger partial charge is 0.379 e. The van der Waals surface area contributed by atoms with Gasteiger partial charge in [0.05, 0.1) is 5.75 Å². The Bertz CT molecular complexity index is 878. The lowest BCUT2D eigenvalue weighted by atomic mass is 9.88. The maximum atomic E-state index is 12.9. The van der Waals surface area contributed by atoms with Crippen molar-refractivity contribution in [1.82, 2.24) is 0 Å². The Balaban J connectivity index is 1.91. The average Bonchev–Trinajstić information content (AvgIpc) is 2.64. The predicted molar refractivity (Wildman–Crippen MR) is 114 cm³/mol. The van der Waals surface area contributed by atoms with E-state index in [0.717, 1.165) is 5.56 Å². The zero-order chi connectivity index (χ0) is 19.4. The van der Waals surface area contributed by atoms with Crippen molar-refractivity contribution in [2.24, 2.45) is 0 Å². The van der Waals surface area contributed by atoms with Crippen LogP contribution in [0, 0.1) is 0 Å². The Morgan fingerprint density at radius 3 is 1.48 bits per heavy atom. The molecule has 0 radical (unpaired) electrons. The average molecular weight is 440 g/mol. The van der Waals surface area contributed by atoms with E-state index < -0.39 is 16.4 Å². The van der Waals surface area contributed by atoms with Gasteiger partial charge in [-0.05, 0) is 53.1 Å². The Kier molecular flexibility index (Phi) is 6.61. The van der Waals surface area contributed by atoms with Crippen molar-refractivity contribution >= 4 is 45.6 Å². The number of aliphatic hydroxyl groups is 1. The van der Waals surface area contributed by atoms with Gasteiger partial charge in [0, 0.05) is 31.6 Å².